The highest BCUT2D eigenvalue weighted by Gasteiger charge is 2.27. The third-order valence-electron chi connectivity index (χ3n) is 3.40. The molecular weight excluding hydrogens is 268 g/mol. The Morgan fingerprint density at radius 3 is 2.57 bits per heavy atom. The molecule has 1 aromatic carbocycles. The topological polar surface area (TPSA) is 73.6 Å². The molecule has 0 amide bonds. The molecule has 1 aliphatic rings. The Bertz CT molecular complexity index is 479. The van der Waals surface area contributed by atoms with Crippen molar-refractivity contribution >= 4 is 11.8 Å². The second-order valence-electron chi connectivity index (χ2n) is 6.41. The number of nitrogens with one attached hydrogen (secondary N) is 1. The lowest BCUT2D eigenvalue weighted by atomic mass is 9.89. The zero-order valence-electron chi connectivity index (χ0n) is 12.9. The molecule has 2 atom stereocenters. The lowest BCUT2D eigenvalue weighted by Gasteiger charge is -2.31. The number of hydrogen-bond acceptors (Lipinski definition) is 5. The molecule has 21 heavy (non-hydrogen) atoms. The average Bonchev–Trinajstić information content (AvgIpc) is 2.37. The van der Waals surface area contributed by atoms with Crippen LogP contribution in [-0.2, 0) is 9.47 Å². The van der Waals surface area contributed by atoms with E-state index in [4.69, 9.17) is 15.2 Å². The fourth-order valence-electron chi connectivity index (χ4n) is 2.43. The Kier molecular flexibility index (Phi) is 4.73. The van der Waals surface area contributed by atoms with Crippen molar-refractivity contribution in [3.63, 3.8) is 0 Å². The number of piperidine rings is 1. The zero-order chi connectivity index (χ0) is 15.5. The Morgan fingerprint density at radius 2 is 1.95 bits per heavy atom. The van der Waals surface area contributed by atoms with Gasteiger partial charge in [-0.25, -0.2) is 4.79 Å². The molecule has 116 valence electrons. The van der Waals surface area contributed by atoms with Crippen molar-refractivity contribution in [1.82, 2.24) is 5.32 Å². The smallest absolute Gasteiger partial charge is 0.429 e. The summed E-state index contributed by atoms with van der Waals surface area (Å²) in [5.41, 5.74) is 7.15. The fourth-order valence-corrected chi connectivity index (χ4v) is 2.43. The summed E-state index contributed by atoms with van der Waals surface area (Å²) >= 11 is 0. The lowest BCUT2D eigenvalue weighted by Crippen LogP contribution is -2.41. The maximum absolute atomic E-state index is 11.7. The van der Waals surface area contributed by atoms with Crippen LogP contribution in [-0.4, -0.2) is 24.5 Å². The minimum Gasteiger partial charge on any atom is -0.429 e. The van der Waals surface area contributed by atoms with Crippen LogP contribution in [0.3, 0.4) is 0 Å². The number of anilines is 1. The fraction of sp³-hybridized carbons (Fsp3) is 0.562. The molecule has 2 unspecified atom stereocenters. The van der Waals surface area contributed by atoms with Gasteiger partial charge in [-0.1, -0.05) is 12.1 Å². The van der Waals surface area contributed by atoms with Crippen molar-refractivity contribution in [3.8, 4) is 0 Å². The SMILES string of the molecule is CC(C)(C)OC(=O)OC1CC(c2ccc(N)cc2)CCN1. The van der Waals surface area contributed by atoms with Gasteiger partial charge in [0.1, 0.15) is 5.60 Å². The molecule has 2 rings (SSSR count). The predicted octanol–water partition coefficient (Wildman–Crippen LogP) is 3.01. The number of nitrogens with two attached hydrogens (primary N) is 1. The predicted molar refractivity (Wildman–Crippen MR) is 81.9 cm³/mol. The van der Waals surface area contributed by atoms with Crippen molar-refractivity contribution in [2.24, 2.45) is 0 Å². The maximum Gasteiger partial charge on any atom is 0.510 e. The molecular formula is C16H24N2O3. The third kappa shape index (κ3) is 4.93. The minimum absolute atomic E-state index is 0.309. The van der Waals surface area contributed by atoms with E-state index in [-0.39, 0.29) is 6.23 Å². The second-order valence-corrected chi connectivity index (χ2v) is 6.41. The van der Waals surface area contributed by atoms with E-state index in [0.717, 1.165) is 25.1 Å². The first-order valence-corrected chi connectivity index (χ1v) is 7.32. The number of hydrogen-bond donors (Lipinski definition) is 2. The molecule has 5 nitrogen and oxygen atoms in total. The number of nitrogen functional groups attached to an aromatic ring is 1. The van der Waals surface area contributed by atoms with Crippen molar-refractivity contribution in [3.05, 3.63) is 29.8 Å². The van der Waals surface area contributed by atoms with Gasteiger partial charge in [-0.3, -0.25) is 5.32 Å². The molecule has 1 aromatic rings. The van der Waals surface area contributed by atoms with Crippen molar-refractivity contribution in [2.45, 2.75) is 51.4 Å². The molecule has 0 bridgehead atoms. The van der Waals surface area contributed by atoms with Gasteiger partial charge in [-0.2, -0.15) is 0 Å². The van der Waals surface area contributed by atoms with Gasteiger partial charge >= 0.3 is 6.16 Å². The molecule has 1 saturated heterocycles. The van der Waals surface area contributed by atoms with Crippen LogP contribution in [0.5, 0.6) is 0 Å². The Morgan fingerprint density at radius 1 is 1.29 bits per heavy atom. The van der Waals surface area contributed by atoms with Crippen LogP contribution in [0.15, 0.2) is 24.3 Å². The van der Waals surface area contributed by atoms with Crippen LogP contribution < -0.4 is 11.1 Å². The number of ether oxygens (including phenoxy) is 2. The van der Waals surface area contributed by atoms with Gasteiger partial charge in [-0.15, -0.1) is 0 Å². The molecule has 5 heteroatoms. The summed E-state index contributed by atoms with van der Waals surface area (Å²) in [6.45, 7) is 6.27. The van der Waals surface area contributed by atoms with E-state index in [2.05, 4.69) is 5.32 Å². The van der Waals surface area contributed by atoms with Gasteiger partial charge in [0.05, 0.1) is 0 Å². The van der Waals surface area contributed by atoms with Crippen LogP contribution in [0, 0.1) is 0 Å². The van der Waals surface area contributed by atoms with E-state index in [9.17, 15) is 4.79 Å². The van der Waals surface area contributed by atoms with Gasteiger partial charge in [0.25, 0.3) is 0 Å². The van der Waals surface area contributed by atoms with Crippen molar-refractivity contribution in [2.75, 3.05) is 12.3 Å². The Hall–Kier alpha value is -1.75. The van der Waals surface area contributed by atoms with Gasteiger partial charge < -0.3 is 15.2 Å². The van der Waals surface area contributed by atoms with E-state index in [1.807, 2.05) is 45.0 Å². The third-order valence-corrected chi connectivity index (χ3v) is 3.40. The molecule has 0 radical (unpaired) electrons. The van der Waals surface area contributed by atoms with Crippen molar-refractivity contribution in [1.29, 1.82) is 0 Å². The first-order valence-electron chi connectivity index (χ1n) is 7.32. The summed E-state index contributed by atoms with van der Waals surface area (Å²) in [6.07, 6.45) is 0.815. The normalized spacial score (nSPS) is 22.6. The minimum atomic E-state index is -0.627. The van der Waals surface area contributed by atoms with Gasteiger partial charge in [0.15, 0.2) is 6.23 Å². The molecule has 1 fully saturated rings. The first-order chi connectivity index (χ1) is 9.83. The van der Waals surface area contributed by atoms with E-state index in [1.165, 1.54) is 5.56 Å². The summed E-state index contributed by atoms with van der Waals surface area (Å²) < 4.78 is 10.5. The van der Waals surface area contributed by atoms with E-state index >= 15 is 0 Å². The van der Waals surface area contributed by atoms with E-state index in [0.29, 0.717) is 5.92 Å². The summed E-state index contributed by atoms with van der Waals surface area (Å²) in [5.74, 6) is 0.360. The van der Waals surface area contributed by atoms with Crippen molar-refractivity contribution < 1.29 is 14.3 Å². The highest BCUT2D eigenvalue weighted by molar-refractivity contribution is 5.60. The maximum atomic E-state index is 11.7. The molecule has 0 saturated carbocycles. The zero-order valence-corrected chi connectivity index (χ0v) is 12.9. The van der Waals surface area contributed by atoms with Crippen LogP contribution >= 0.6 is 0 Å². The molecule has 1 heterocycles. The van der Waals surface area contributed by atoms with Gasteiger partial charge in [0.2, 0.25) is 0 Å². The molecule has 0 aliphatic carbocycles. The summed E-state index contributed by atoms with van der Waals surface area (Å²) in [7, 11) is 0. The van der Waals surface area contributed by atoms with Gasteiger partial charge in [0, 0.05) is 12.1 Å². The molecule has 1 aliphatic heterocycles. The number of carbonyl (C=O) groups is 1. The van der Waals surface area contributed by atoms with Crippen LogP contribution in [0.25, 0.3) is 0 Å². The summed E-state index contributed by atoms with van der Waals surface area (Å²) in [5, 5.41) is 3.20. The van der Waals surface area contributed by atoms with Crippen LogP contribution in [0.2, 0.25) is 0 Å². The summed E-state index contributed by atoms with van der Waals surface area (Å²) in [6, 6.07) is 7.88. The molecule has 0 aromatic heterocycles. The molecule has 3 N–H and O–H groups in total. The van der Waals surface area contributed by atoms with E-state index < -0.39 is 11.8 Å². The Balaban J connectivity index is 1.91. The van der Waals surface area contributed by atoms with Crippen LogP contribution in [0.4, 0.5) is 10.5 Å². The monoisotopic (exact) mass is 292 g/mol. The molecule has 0 spiro atoms. The first kappa shape index (κ1) is 15.6. The number of benzene rings is 1. The average molecular weight is 292 g/mol. The largest absolute Gasteiger partial charge is 0.510 e. The number of rotatable bonds is 2. The number of carbonyl (C=O) groups excluding carboxylic acids is 1. The van der Waals surface area contributed by atoms with E-state index in [1.54, 1.807) is 0 Å². The van der Waals surface area contributed by atoms with Gasteiger partial charge in [-0.05, 0) is 57.4 Å². The Labute approximate surface area is 125 Å². The second kappa shape index (κ2) is 6.35. The lowest BCUT2D eigenvalue weighted by molar-refractivity contribution is -0.0410. The highest BCUT2D eigenvalue weighted by atomic mass is 16.7. The van der Waals surface area contributed by atoms with Crippen LogP contribution in [0.1, 0.15) is 45.1 Å². The summed E-state index contributed by atoms with van der Waals surface area (Å²) in [4.78, 5) is 11.7. The highest BCUT2D eigenvalue weighted by Crippen LogP contribution is 2.28. The quantitative estimate of drug-likeness (QED) is 0.647. The standard InChI is InChI=1S/C16H24N2O3/c1-16(2,3)21-15(19)20-14-10-12(8-9-18-14)11-4-6-13(17)7-5-11/h4-7,12,14,18H,8-10,17H2,1-3H3.